The van der Waals surface area contributed by atoms with Crippen molar-refractivity contribution in [2.75, 3.05) is 26.1 Å². The lowest BCUT2D eigenvalue weighted by molar-refractivity contribution is 0.202. The van der Waals surface area contributed by atoms with Gasteiger partial charge in [0.1, 0.15) is 5.75 Å². The van der Waals surface area contributed by atoms with Gasteiger partial charge in [-0.15, -0.1) is 0 Å². The monoisotopic (exact) mass is 315 g/mol. The molecular weight excluding hydrogens is 290 g/mol. The Morgan fingerprint density at radius 2 is 1.81 bits per heavy atom. The van der Waals surface area contributed by atoms with E-state index in [9.17, 15) is 8.42 Å². The zero-order valence-electron chi connectivity index (χ0n) is 12.9. The fraction of sp³-hybridized carbons (Fsp3) is 0.600. The molecule has 1 atom stereocenters. The molecule has 0 spiro atoms. The smallest absolute Gasteiger partial charge is 0.209 e. The number of benzene rings is 1. The number of methoxy groups -OCH3 is 1. The van der Waals surface area contributed by atoms with Gasteiger partial charge in [-0.3, -0.25) is 0 Å². The first-order chi connectivity index (χ1) is 9.81. The van der Waals surface area contributed by atoms with Gasteiger partial charge in [-0.1, -0.05) is 26.0 Å². The third kappa shape index (κ3) is 7.45. The summed E-state index contributed by atoms with van der Waals surface area (Å²) in [6, 6.07) is 7.75. The predicted octanol–water partition coefficient (Wildman–Crippen LogP) is 1.81. The van der Waals surface area contributed by atoms with Crippen molar-refractivity contribution < 1.29 is 17.9 Å². The van der Waals surface area contributed by atoms with Crippen LogP contribution in [0.15, 0.2) is 24.3 Å². The normalized spacial score (nSPS) is 13.4. The molecule has 0 radical (unpaired) electrons. The van der Waals surface area contributed by atoms with Crippen molar-refractivity contribution in [1.29, 1.82) is 0 Å². The third-order valence-electron chi connectivity index (χ3n) is 3.37. The lowest BCUT2D eigenvalue weighted by Crippen LogP contribution is -2.30. The van der Waals surface area contributed by atoms with Crippen LogP contribution < -0.4 is 9.88 Å². The molecule has 0 aliphatic carbocycles. The Morgan fingerprint density at radius 3 is 2.29 bits per heavy atom. The van der Waals surface area contributed by atoms with Crippen molar-refractivity contribution in [3.63, 3.8) is 0 Å². The third-order valence-corrected chi connectivity index (χ3v) is 4.26. The van der Waals surface area contributed by atoms with Crippen LogP contribution in [0.5, 0.6) is 5.75 Å². The van der Waals surface area contributed by atoms with Crippen molar-refractivity contribution in [2.24, 2.45) is 17.0 Å². The highest BCUT2D eigenvalue weighted by molar-refractivity contribution is 7.89. The number of nitrogens with two attached hydrogens (primary N) is 1. The molecule has 5 nitrogen and oxygen atoms in total. The molecule has 0 aromatic heterocycles. The highest BCUT2D eigenvalue weighted by atomic mass is 32.2. The first-order valence-electron chi connectivity index (χ1n) is 7.03. The summed E-state index contributed by atoms with van der Waals surface area (Å²) in [4.78, 5) is 0. The van der Waals surface area contributed by atoms with Crippen molar-refractivity contribution in [1.82, 2.24) is 0 Å². The average Bonchev–Trinajstić information content (AvgIpc) is 2.41. The van der Waals surface area contributed by atoms with E-state index in [1.165, 1.54) is 5.56 Å². The lowest BCUT2D eigenvalue weighted by Gasteiger charge is -2.20. The van der Waals surface area contributed by atoms with Crippen LogP contribution in [0.3, 0.4) is 0 Å². The molecule has 1 unspecified atom stereocenters. The van der Waals surface area contributed by atoms with E-state index in [2.05, 4.69) is 0 Å². The first kappa shape index (κ1) is 17.9. The largest absolute Gasteiger partial charge is 0.493 e. The van der Waals surface area contributed by atoms with E-state index in [1.807, 2.05) is 38.1 Å². The highest BCUT2D eigenvalue weighted by Gasteiger charge is 2.20. The summed E-state index contributed by atoms with van der Waals surface area (Å²) in [5, 5.41) is 5.11. The molecular formula is C15H25NO4S. The molecule has 0 amide bonds. The minimum absolute atomic E-state index is 0.0589. The van der Waals surface area contributed by atoms with Crippen LogP contribution in [0.25, 0.3) is 0 Å². The lowest BCUT2D eigenvalue weighted by atomic mass is 9.99. The van der Waals surface area contributed by atoms with Crippen LogP contribution in [-0.2, 0) is 21.2 Å². The number of sulfonamides is 1. The van der Waals surface area contributed by atoms with Crippen molar-refractivity contribution in [3.8, 4) is 5.75 Å². The van der Waals surface area contributed by atoms with Crippen LogP contribution in [0.1, 0.15) is 19.4 Å². The van der Waals surface area contributed by atoms with Crippen molar-refractivity contribution in [2.45, 2.75) is 20.3 Å². The van der Waals surface area contributed by atoms with Gasteiger partial charge in [-0.25, -0.2) is 13.6 Å². The molecule has 21 heavy (non-hydrogen) atoms. The predicted molar refractivity (Wildman–Crippen MR) is 83.8 cm³/mol. The van der Waals surface area contributed by atoms with E-state index in [1.54, 1.807) is 7.11 Å². The van der Waals surface area contributed by atoms with Gasteiger partial charge in [0.15, 0.2) is 0 Å². The molecule has 1 rings (SSSR count). The summed E-state index contributed by atoms with van der Waals surface area (Å²) < 4.78 is 33.1. The van der Waals surface area contributed by atoms with Gasteiger partial charge in [0.05, 0.1) is 19.0 Å². The number of hydrogen-bond donors (Lipinski definition) is 1. The molecule has 6 heteroatoms. The molecule has 1 aromatic rings. The molecule has 0 saturated carbocycles. The fourth-order valence-electron chi connectivity index (χ4n) is 1.91. The molecule has 1 aromatic carbocycles. The molecule has 120 valence electrons. The Morgan fingerprint density at radius 1 is 1.19 bits per heavy atom. The SMILES string of the molecule is COCCc1ccc(OCC(CS(N)(=O)=O)C(C)C)cc1. The van der Waals surface area contributed by atoms with Crippen LogP contribution >= 0.6 is 0 Å². The van der Waals surface area contributed by atoms with Gasteiger partial charge in [-0.2, -0.15) is 0 Å². The topological polar surface area (TPSA) is 78.6 Å². The highest BCUT2D eigenvalue weighted by Crippen LogP contribution is 2.17. The number of ether oxygens (including phenoxy) is 2. The van der Waals surface area contributed by atoms with Crippen LogP contribution in [0.2, 0.25) is 0 Å². The zero-order valence-corrected chi connectivity index (χ0v) is 13.7. The Labute approximate surface area is 127 Å². The average molecular weight is 315 g/mol. The summed E-state index contributed by atoms with van der Waals surface area (Å²) in [5.41, 5.74) is 1.18. The molecule has 0 fully saturated rings. The van der Waals surface area contributed by atoms with Crippen LogP contribution in [-0.4, -0.2) is 34.5 Å². The Hall–Kier alpha value is -1.11. The van der Waals surface area contributed by atoms with E-state index in [0.29, 0.717) is 13.2 Å². The summed E-state index contributed by atoms with van der Waals surface area (Å²) in [5.74, 6) is 0.741. The van der Waals surface area contributed by atoms with E-state index < -0.39 is 10.0 Å². The van der Waals surface area contributed by atoms with E-state index in [-0.39, 0.29) is 17.6 Å². The van der Waals surface area contributed by atoms with E-state index in [0.717, 1.165) is 12.2 Å². The molecule has 0 aliphatic rings. The minimum Gasteiger partial charge on any atom is -0.493 e. The van der Waals surface area contributed by atoms with E-state index >= 15 is 0 Å². The molecule has 2 N–H and O–H groups in total. The molecule has 0 aliphatic heterocycles. The zero-order chi connectivity index (χ0) is 15.9. The number of rotatable bonds is 9. The van der Waals surface area contributed by atoms with Crippen LogP contribution in [0, 0.1) is 11.8 Å². The Kier molecular flexibility index (Phi) is 7.14. The Bertz CT molecular complexity index is 511. The molecule has 0 saturated heterocycles. The molecule has 0 bridgehead atoms. The maximum absolute atomic E-state index is 11.2. The Balaban J connectivity index is 2.55. The van der Waals surface area contributed by atoms with Crippen LogP contribution in [0.4, 0.5) is 0 Å². The van der Waals surface area contributed by atoms with Gasteiger partial charge in [0.25, 0.3) is 0 Å². The second kappa shape index (κ2) is 8.36. The molecule has 0 heterocycles. The van der Waals surface area contributed by atoms with Gasteiger partial charge >= 0.3 is 0 Å². The fourth-order valence-corrected chi connectivity index (χ4v) is 2.98. The number of hydrogen-bond acceptors (Lipinski definition) is 4. The van der Waals surface area contributed by atoms with Gasteiger partial charge in [-0.05, 0) is 30.0 Å². The second-order valence-corrected chi connectivity index (χ2v) is 7.19. The minimum atomic E-state index is -3.48. The second-order valence-electron chi connectivity index (χ2n) is 5.53. The van der Waals surface area contributed by atoms with E-state index in [4.69, 9.17) is 14.6 Å². The summed E-state index contributed by atoms with van der Waals surface area (Å²) in [6.07, 6.45) is 0.858. The first-order valence-corrected chi connectivity index (χ1v) is 8.74. The van der Waals surface area contributed by atoms with Gasteiger partial charge in [0, 0.05) is 13.0 Å². The summed E-state index contributed by atoms with van der Waals surface area (Å²) in [6.45, 7) is 4.95. The van der Waals surface area contributed by atoms with Gasteiger partial charge < -0.3 is 9.47 Å². The quantitative estimate of drug-likeness (QED) is 0.754. The standard InChI is InChI=1S/C15H25NO4S/c1-12(2)14(11-21(16,17)18)10-20-15-6-4-13(5-7-15)8-9-19-3/h4-7,12,14H,8-11H2,1-3H3,(H2,16,17,18). The van der Waals surface area contributed by atoms with Crippen molar-refractivity contribution >= 4 is 10.0 Å². The van der Waals surface area contributed by atoms with Crippen molar-refractivity contribution in [3.05, 3.63) is 29.8 Å². The van der Waals surface area contributed by atoms with Gasteiger partial charge in [0.2, 0.25) is 10.0 Å². The maximum atomic E-state index is 11.2. The summed E-state index contributed by atoms with van der Waals surface area (Å²) in [7, 11) is -1.81. The maximum Gasteiger partial charge on any atom is 0.209 e. The number of primary sulfonamides is 1. The summed E-state index contributed by atoms with van der Waals surface area (Å²) >= 11 is 0.